The van der Waals surface area contributed by atoms with E-state index in [1.54, 1.807) is 26.0 Å². The number of aryl methyl sites for hydroxylation is 2. The number of nitrogens with one attached hydrogen (secondary N) is 1. The lowest BCUT2D eigenvalue weighted by Crippen LogP contribution is -2.37. The van der Waals surface area contributed by atoms with Gasteiger partial charge in [0.1, 0.15) is 11.3 Å². The zero-order valence-electron chi connectivity index (χ0n) is 13.8. The molecular formula is C17H18N2O5. The molecular weight excluding hydrogens is 312 g/mol. The number of carbonyl (C=O) groups is 2. The molecule has 7 nitrogen and oxygen atoms in total. The summed E-state index contributed by atoms with van der Waals surface area (Å²) in [5, 5.41) is 3.40. The third-order valence-corrected chi connectivity index (χ3v) is 4.33. The van der Waals surface area contributed by atoms with Crippen LogP contribution >= 0.6 is 0 Å². The Labute approximate surface area is 138 Å². The minimum absolute atomic E-state index is 0.255. The smallest absolute Gasteiger partial charge is 0.339 e. The third kappa shape index (κ3) is 2.62. The molecule has 126 valence electrons. The van der Waals surface area contributed by atoms with Gasteiger partial charge in [-0.2, -0.15) is 0 Å². The van der Waals surface area contributed by atoms with Crippen molar-refractivity contribution in [3.8, 4) is 5.75 Å². The van der Waals surface area contributed by atoms with Gasteiger partial charge in [-0.1, -0.05) is 0 Å². The van der Waals surface area contributed by atoms with Crippen molar-refractivity contribution in [1.29, 1.82) is 0 Å². The van der Waals surface area contributed by atoms with E-state index in [9.17, 15) is 14.4 Å². The summed E-state index contributed by atoms with van der Waals surface area (Å²) in [4.78, 5) is 36.5. The van der Waals surface area contributed by atoms with Gasteiger partial charge < -0.3 is 14.5 Å². The van der Waals surface area contributed by atoms with Crippen LogP contribution in [0.5, 0.6) is 5.75 Å². The van der Waals surface area contributed by atoms with Crippen molar-refractivity contribution in [1.82, 2.24) is 10.2 Å². The van der Waals surface area contributed by atoms with Gasteiger partial charge >= 0.3 is 11.7 Å². The Morgan fingerprint density at radius 3 is 2.62 bits per heavy atom. The minimum atomic E-state index is -0.411. The molecule has 1 fully saturated rings. The van der Waals surface area contributed by atoms with Crippen molar-refractivity contribution < 1.29 is 18.7 Å². The number of carbonyl (C=O) groups excluding carboxylic acids is 2. The first-order valence-electron chi connectivity index (χ1n) is 7.64. The molecule has 1 aliphatic heterocycles. The highest BCUT2D eigenvalue weighted by molar-refractivity contribution is 5.96. The van der Waals surface area contributed by atoms with Gasteiger partial charge in [0.2, 0.25) is 0 Å². The highest BCUT2D eigenvalue weighted by Gasteiger charge is 2.26. The number of fused-ring (bicyclic) bond motifs is 1. The van der Waals surface area contributed by atoms with Crippen LogP contribution in [0.2, 0.25) is 0 Å². The topological polar surface area (TPSA) is 88.8 Å². The van der Waals surface area contributed by atoms with Crippen LogP contribution < -0.4 is 15.7 Å². The predicted octanol–water partition coefficient (Wildman–Crippen LogP) is 1.65. The third-order valence-electron chi connectivity index (χ3n) is 4.33. The van der Waals surface area contributed by atoms with E-state index in [4.69, 9.17) is 9.15 Å². The molecule has 1 aromatic heterocycles. The molecule has 0 saturated carbocycles. The summed E-state index contributed by atoms with van der Waals surface area (Å²) in [5.74, 6) is 0.0351. The van der Waals surface area contributed by atoms with Crippen LogP contribution in [0.25, 0.3) is 11.0 Å². The zero-order chi connectivity index (χ0) is 17.4. The molecule has 0 radical (unpaired) electrons. The van der Waals surface area contributed by atoms with E-state index in [-0.39, 0.29) is 12.2 Å². The summed E-state index contributed by atoms with van der Waals surface area (Å²) in [6.45, 7) is 5.88. The molecule has 7 heteroatoms. The first-order chi connectivity index (χ1) is 11.4. The van der Waals surface area contributed by atoms with E-state index in [2.05, 4.69) is 5.32 Å². The summed E-state index contributed by atoms with van der Waals surface area (Å²) in [5.41, 5.74) is 2.15. The zero-order valence-corrected chi connectivity index (χ0v) is 13.8. The SMILES string of the molecule is Cc1c(C)c2ccc(OCC(=O)N3CCNC3=O)c(C)c2oc1=O. The van der Waals surface area contributed by atoms with Crippen LogP contribution in [-0.4, -0.2) is 36.5 Å². The fourth-order valence-electron chi connectivity index (χ4n) is 2.71. The second-order valence-corrected chi connectivity index (χ2v) is 5.77. The first-order valence-corrected chi connectivity index (χ1v) is 7.64. The molecule has 1 aromatic carbocycles. The molecule has 1 aliphatic rings. The van der Waals surface area contributed by atoms with Crippen LogP contribution in [0.15, 0.2) is 21.3 Å². The van der Waals surface area contributed by atoms with Crippen LogP contribution in [0, 0.1) is 20.8 Å². The number of imide groups is 1. The monoisotopic (exact) mass is 330 g/mol. The van der Waals surface area contributed by atoms with Crippen LogP contribution in [0.1, 0.15) is 16.7 Å². The Morgan fingerprint density at radius 2 is 1.96 bits per heavy atom. The molecule has 0 atom stereocenters. The van der Waals surface area contributed by atoms with E-state index in [0.717, 1.165) is 15.8 Å². The van der Waals surface area contributed by atoms with Gasteiger partial charge in [0, 0.05) is 29.6 Å². The lowest BCUT2D eigenvalue weighted by Gasteiger charge is -2.15. The first kappa shape index (κ1) is 16.0. The van der Waals surface area contributed by atoms with Crippen LogP contribution in [0.3, 0.4) is 0 Å². The summed E-state index contributed by atoms with van der Waals surface area (Å²) in [6, 6.07) is 3.13. The predicted molar refractivity (Wildman–Crippen MR) is 87.3 cm³/mol. The van der Waals surface area contributed by atoms with Crippen molar-refractivity contribution in [3.63, 3.8) is 0 Å². The number of hydrogen-bond acceptors (Lipinski definition) is 5. The van der Waals surface area contributed by atoms with Crippen molar-refractivity contribution in [2.75, 3.05) is 19.7 Å². The molecule has 0 aliphatic carbocycles. The Hall–Kier alpha value is -2.83. The van der Waals surface area contributed by atoms with Crippen LogP contribution in [0.4, 0.5) is 4.79 Å². The van der Waals surface area contributed by atoms with Gasteiger partial charge in [0.15, 0.2) is 6.61 Å². The molecule has 0 spiro atoms. The maximum atomic E-state index is 12.0. The summed E-state index contributed by atoms with van der Waals surface area (Å²) >= 11 is 0. The van der Waals surface area contributed by atoms with Gasteiger partial charge in [-0.05, 0) is 38.5 Å². The summed E-state index contributed by atoms with van der Waals surface area (Å²) in [7, 11) is 0. The Morgan fingerprint density at radius 1 is 1.21 bits per heavy atom. The molecule has 1 saturated heterocycles. The van der Waals surface area contributed by atoms with E-state index in [1.165, 1.54) is 0 Å². The summed E-state index contributed by atoms with van der Waals surface area (Å²) < 4.78 is 10.9. The minimum Gasteiger partial charge on any atom is -0.483 e. The molecule has 1 N–H and O–H groups in total. The van der Waals surface area contributed by atoms with E-state index in [0.29, 0.717) is 35.5 Å². The van der Waals surface area contributed by atoms with Gasteiger partial charge in [-0.3, -0.25) is 9.69 Å². The maximum absolute atomic E-state index is 12.0. The number of amides is 3. The van der Waals surface area contributed by atoms with E-state index >= 15 is 0 Å². The van der Waals surface area contributed by atoms with Gasteiger partial charge in [-0.25, -0.2) is 9.59 Å². The second-order valence-electron chi connectivity index (χ2n) is 5.77. The standard InChI is InChI=1S/C17H18N2O5/c1-9-10(2)16(21)24-15-11(3)13(5-4-12(9)15)23-8-14(20)19-7-6-18-17(19)22/h4-5H,6-8H2,1-3H3,(H,18,22). The maximum Gasteiger partial charge on any atom is 0.339 e. The lowest BCUT2D eigenvalue weighted by molar-refractivity contribution is -0.129. The molecule has 2 aromatic rings. The highest BCUT2D eigenvalue weighted by atomic mass is 16.5. The number of rotatable bonds is 3. The number of hydrogen-bond donors (Lipinski definition) is 1. The number of ether oxygens (including phenoxy) is 1. The Bertz CT molecular complexity index is 900. The molecule has 0 bridgehead atoms. The average molecular weight is 330 g/mol. The second kappa shape index (κ2) is 5.99. The average Bonchev–Trinajstić information content (AvgIpc) is 2.98. The quantitative estimate of drug-likeness (QED) is 0.865. The summed E-state index contributed by atoms with van der Waals surface area (Å²) in [6.07, 6.45) is 0. The lowest BCUT2D eigenvalue weighted by atomic mass is 10.0. The number of urea groups is 1. The van der Waals surface area contributed by atoms with Crippen molar-refractivity contribution >= 4 is 22.9 Å². The van der Waals surface area contributed by atoms with Gasteiger partial charge in [0.25, 0.3) is 5.91 Å². The fourth-order valence-corrected chi connectivity index (χ4v) is 2.71. The normalized spacial score (nSPS) is 14.1. The highest BCUT2D eigenvalue weighted by Crippen LogP contribution is 2.29. The largest absolute Gasteiger partial charge is 0.483 e. The molecule has 3 rings (SSSR count). The Balaban J connectivity index is 1.87. The molecule has 0 unspecified atom stereocenters. The van der Waals surface area contributed by atoms with Crippen LogP contribution in [-0.2, 0) is 4.79 Å². The van der Waals surface area contributed by atoms with Crippen molar-refractivity contribution in [3.05, 3.63) is 39.2 Å². The molecule has 24 heavy (non-hydrogen) atoms. The number of nitrogens with zero attached hydrogens (tertiary/aromatic N) is 1. The Kier molecular flexibility index (Phi) is 4.01. The number of benzene rings is 1. The van der Waals surface area contributed by atoms with Gasteiger partial charge in [0.05, 0.1) is 0 Å². The van der Waals surface area contributed by atoms with E-state index in [1.807, 2.05) is 6.92 Å². The fraction of sp³-hybridized carbons (Fsp3) is 0.353. The van der Waals surface area contributed by atoms with Crippen molar-refractivity contribution in [2.24, 2.45) is 0 Å². The van der Waals surface area contributed by atoms with E-state index < -0.39 is 11.9 Å². The molecule has 2 heterocycles. The molecule has 3 amide bonds. The van der Waals surface area contributed by atoms with Crippen molar-refractivity contribution in [2.45, 2.75) is 20.8 Å². The van der Waals surface area contributed by atoms with Gasteiger partial charge in [-0.15, -0.1) is 0 Å².